The summed E-state index contributed by atoms with van der Waals surface area (Å²) in [5, 5.41) is 3.91. The molecule has 2 fully saturated rings. The van der Waals surface area contributed by atoms with E-state index in [1.807, 2.05) is 0 Å². The normalized spacial score (nSPS) is 28.7. The van der Waals surface area contributed by atoms with Gasteiger partial charge in [-0.3, -0.25) is 0 Å². The molecule has 0 aromatic heterocycles. The highest BCUT2D eigenvalue weighted by Crippen LogP contribution is 2.37. The minimum atomic E-state index is 0.217. The van der Waals surface area contributed by atoms with Gasteiger partial charge in [-0.2, -0.15) is 11.8 Å². The first-order valence-corrected chi connectivity index (χ1v) is 9.32. The van der Waals surface area contributed by atoms with Gasteiger partial charge in [0.15, 0.2) is 0 Å². The van der Waals surface area contributed by atoms with Gasteiger partial charge in [0.05, 0.1) is 5.60 Å². The van der Waals surface area contributed by atoms with Crippen molar-refractivity contribution >= 4 is 11.8 Å². The summed E-state index contributed by atoms with van der Waals surface area (Å²) >= 11 is 2.09. The van der Waals surface area contributed by atoms with Crippen molar-refractivity contribution in [2.24, 2.45) is 5.92 Å². The Hall–Kier alpha value is 0.270. The van der Waals surface area contributed by atoms with Crippen molar-refractivity contribution in [1.29, 1.82) is 0 Å². The van der Waals surface area contributed by atoms with Crippen molar-refractivity contribution in [3.8, 4) is 0 Å². The van der Waals surface area contributed by atoms with Crippen molar-refractivity contribution in [3.63, 3.8) is 0 Å². The maximum Gasteiger partial charge on any atom is 0.0713 e. The zero-order valence-corrected chi connectivity index (χ0v) is 13.7. The molecule has 0 saturated carbocycles. The number of ether oxygens (including phenoxy) is 1. The zero-order valence-electron chi connectivity index (χ0n) is 12.9. The van der Waals surface area contributed by atoms with Crippen LogP contribution in [0.15, 0.2) is 0 Å². The minimum Gasteiger partial charge on any atom is -0.375 e. The molecule has 2 nitrogen and oxygen atoms in total. The Labute approximate surface area is 123 Å². The van der Waals surface area contributed by atoms with Crippen molar-refractivity contribution in [1.82, 2.24) is 5.32 Å². The predicted octanol–water partition coefficient (Wildman–Crippen LogP) is 3.85. The van der Waals surface area contributed by atoms with Gasteiger partial charge in [0, 0.05) is 18.7 Å². The quantitative estimate of drug-likeness (QED) is 0.829. The highest BCUT2D eigenvalue weighted by atomic mass is 32.2. The van der Waals surface area contributed by atoms with Crippen LogP contribution in [0.3, 0.4) is 0 Å². The van der Waals surface area contributed by atoms with Gasteiger partial charge in [-0.05, 0) is 50.0 Å². The molecule has 0 aliphatic carbocycles. The lowest BCUT2D eigenvalue weighted by molar-refractivity contribution is -0.0946. The maximum atomic E-state index is 6.18. The first kappa shape index (κ1) is 15.7. The van der Waals surface area contributed by atoms with Crippen LogP contribution in [-0.4, -0.2) is 35.8 Å². The summed E-state index contributed by atoms with van der Waals surface area (Å²) in [5.41, 5.74) is 0.217. The highest BCUT2D eigenvalue weighted by molar-refractivity contribution is 7.99. The maximum absolute atomic E-state index is 6.18. The first-order valence-electron chi connectivity index (χ1n) is 8.17. The number of hydrogen-bond donors (Lipinski definition) is 1. The first-order chi connectivity index (χ1) is 9.19. The van der Waals surface area contributed by atoms with Gasteiger partial charge in [0.25, 0.3) is 0 Å². The van der Waals surface area contributed by atoms with Crippen molar-refractivity contribution in [3.05, 3.63) is 0 Å². The topological polar surface area (TPSA) is 21.3 Å². The van der Waals surface area contributed by atoms with Crippen LogP contribution in [0.2, 0.25) is 0 Å². The van der Waals surface area contributed by atoms with Crippen LogP contribution < -0.4 is 5.32 Å². The van der Waals surface area contributed by atoms with Gasteiger partial charge in [-0.15, -0.1) is 0 Å². The van der Waals surface area contributed by atoms with E-state index in [9.17, 15) is 0 Å². The predicted molar refractivity (Wildman–Crippen MR) is 84.9 cm³/mol. The second kappa shape index (κ2) is 7.33. The standard InChI is InChI=1S/C16H31NOS/c1-4-14(5-2)13(3)17-15-6-9-18-16(12-15)7-10-19-11-8-16/h13-15,17H,4-12H2,1-3H3. The van der Waals surface area contributed by atoms with E-state index in [2.05, 4.69) is 37.8 Å². The van der Waals surface area contributed by atoms with Crippen LogP contribution in [-0.2, 0) is 4.74 Å². The molecule has 2 saturated heterocycles. The molecule has 0 aromatic carbocycles. The molecule has 2 unspecified atom stereocenters. The third-order valence-electron chi connectivity index (χ3n) is 5.15. The molecule has 0 bridgehead atoms. The molecule has 1 spiro atoms. The Balaban J connectivity index is 1.86. The monoisotopic (exact) mass is 285 g/mol. The lowest BCUT2D eigenvalue weighted by Crippen LogP contribution is -2.51. The minimum absolute atomic E-state index is 0.217. The largest absolute Gasteiger partial charge is 0.375 e. The number of rotatable bonds is 5. The van der Waals surface area contributed by atoms with Crippen LogP contribution in [0, 0.1) is 5.92 Å². The van der Waals surface area contributed by atoms with E-state index in [-0.39, 0.29) is 5.60 Å². The number of nitrogens with one attached hydrogen (secondary N) is 1. The SMILES string of the molecule is CCC(CC)C(C)NC1CCOC2(CCSCC2)C1. The van der Waals surface area contributed by atoms with Crippen LogP contribution >= 0.6 is 11.8 Å². The molecule has 2 atom stereocenters. The lowest BCUT2D eigenvalue weighted by atomic mass is 9.84. The molecule has 112 valence electrons. The Morgan fingerprint density at radius 3 is 2.58 bits per heavy atom. The Morgan fingerprint density at radius 1 is 1.26 bits per heavy atom. The van der Waals surface area contributed by atoms with Crippen LogP contribution in [0.4, 0.5) is 0 Å². The molecule has 2 heterocycles. The summed E-state index contributed by atoms with van der Waals surface area (Å²) < 4.78 is 6.18. The molecule has 2 aliphatic rings. The molecule has 0 amide bonds. The van der Waals surface area contributed by atoms with Crippen LogP contribution in [0.1, 0.15) is 59.3 Å². The van der Waals surface area contributed by atoms with Crippen molar-refractivity contribution in [2.45, 2.75) is 77.0 Å². The molecule has 2 aliphatic heterocycles. The van der Waals surface area contributed by atoms with Gasteiger partial charge in [-0.1, -0.05) is 26.7 Å². The second-order valence-corrected chi connectivity index (χ2v) is 7.59. The molecule has 0 radical (unpaired) electrons. The average molecular weight is 285 g/mol. The summed E-state index contributed by atoms with van der Waals surface area (Å²) in [6.45, 7) is 7.96. The van der Waals surface area contributed by atoms with Crippen LogP contribution in [0.5, 0.6) is 0 Å². The molecule has 3 heteroatoms. The van der Waals surface area contributed by atoms with Gasteiger partial charge < -0.3 is 10.1 Å². The van der Waals surface area contributed by atoms with Crippen molar-refractivity contribution in [2.75, 3.05) is 18.1 Å². The Kier molecular flexibility index (Phi) is 6.04. The molecule has 1 N–H and O–H groups in total. The Bertz CT molecular complexity index is 256. The van der Waals surface area contributed by atoms with E-state index in [0.29, 0.717) is 12.1 Å². The molecular formula is C16H31NOS. The van der Waals surface area contributed by atoms with E-state index in [1.165, 1.54) is 50.0 Å². The zero-order chi connectivity index (χ0) is 13.7. The summed E-state index contributed by atoms with van der Waals surface area (Å²) in [6.07, 6.45) is 7.52. The molecule has 2 rings (SSSR count). The highest BCUT2D eigenvalue weighted by Gasteiger charge is 2.39. The molecular weight excluding hydrogens is 254 g/mol. The van der Waals surface area contributed by atoms with E-state index in [0.717, 1.165) is 12.5 Å². The summed E-state index contributed by atoms with van der Waals surface area (Å²) in [7, 11) is 0. The second-order valence-electron chi connectivity index (χ2n) is 6.37. The third kappa shape index (κ3) is 4.12. The van der Waals surface area contributed by atoms with E-state index < -0.39 is 0 Å². The number of hydrogen-bond acceptors (Lipinski definition) is 3. The third-order valence-corrected chi connectivity index (χ3v) is 6.14. The summed E-state index contributed by atoms with van der Waals surface area (Å²) in [5.74, 6) is 3.39. The van der Waals surface area contributed by atoms with Gasteiger partial charge >= 0.3 is 0 Å². The van der Waals surface area contributed by atoms with E-state index in [1.54, 1.807) is 0 Å². The fourth-order valence-electron chi connectivity index (χ4n) is 3.77. The van der Waals surface area contributed by atoms with E-state index in [4.69, 9.17) is 4.74 Å². The van der Waals surface area contributed by atoms with Gasteiger partial charge in [0.1, 0.15) is 0 Å². The average Bonchev–Trinajstić information content (AvgIpc) is 2.41. The van der Waals surface area contributed by atoms with Gasteiger partial charge in [-0.25, -0.2) is 0 Å². The number of thioether (sulfide) groups is 1. The molecule has 19 heavy (non-hydrogen) atoms. The van der Waals surface area contributed by atoms with Crippen LogP contribution in [0.25, 0.3) is 0 Å². The fraction of sp³-hybridized carbons (Fsp3) is 1.00. The Morgan fingerprint density at radius 2 is 1.95 bits per heavy atom. The van der Waals surface area contributed by atoms with E-state index >= 15 is 0 Å². The lowest BCUT2D eigenvalue weighted by Gasteiger charge is -2.44. The summed E-state index contributed by atoms with van der Waals surface area (Å²) in [6, 6.07) is 1.32. The fourth-order valence-corrected chi connectivity index (χ4v) is 5.00. The van der Waals surface area contributed by atoms with Crippen molar-refractivity contribution < 1.29 is 4.74 Å². The summed E-state index contributed by atoms with van der Waals surface area (Å²) in [4.78, 5) is 0. The smallest absolute Gasteiger partial charge is 0.0713 e. The van der Waals surface area contributed by atoms with Gasteiger partial charge in [0.2, 0.25) is 0 Å². The molecule has 0 aromatic rings.